The Kier molecular flexibility index (Phi) is 3.48. The highest BCUT2D eigenvalue weighted by molar-refractivity contribution is 9.10. The normalized spacial score (nSPS) is 20.8. The zero-order valence-corrected chi connectivity index (χ0v) is 12.7. The summed E-state index contributed by atoms with van der Waals surface area (Å²) in [5, 5.41) is 10.2. The lowest BCUT2D eigenvalue weighted by molar-refractivity contribution is 0.110. The van der Waals surface area contributed by atoms with E-state index in [0.717, 1.165) is 47.2 Å². The van der Waals surface area contributed by atoms with E-state index in [1.807, 2.05) is 12.1 Å². The predicted molar refractivity (Wildman–Crippen MR) is 76.8 cm³/mol. The Balaban J connectivity index is 1.90. The van der Waals surface area contributed by atoms with Crippen LogP contribution < -0.4 is 9.47 Å². The molecule has 1 aromatic rings. The van der Waals surface area contributed by atoms with Crippen LogP contribution >= 0.6 is 15.9 Å². The molecule has 0 bridgehead atoms. The molecular weight excluding hydrogens is 308 g/mol. The summed E-state index contributed by atoms with van der Waals surface area (Å²) in [6, 6.07) is 3.96. The predicted octanol–water partition coefficient (Wildman–Crippen LogP) is 3.46. The summed E-state index contributed by atoms with van der Waals surface area (Å²) in [5.41, 5.74) is 0.516. The van der Waals surface area contributed by atoms with Crippen LogP contribution in [-0.2, 0) is 6.42 Å². The van der Waals surface area contributed by atoms with Crippen molar-refractivity contribution in [3.8, 4) is 11.5 Å². The lowest BCUT2D eigenvalue weighted by Gasteiger charge is -2.29. The first-order valence-corrected chi connectivity index (χ1v) is 7.64. The molecule has 1 N–H and O–H groups in total. The van der Waals surface area contributed by atoms with Crippen LogP contribution in [0.2, 0.25) is 0 Å². The molecule has 0 atom stereocenters. The number of aliphatic hydroxyl groups is 1. The summed E-state index contributed by atoms with van der Waals surface area (Å²) in [5.74, 6) is 1.57. The maximum atomic E-state index is 10.2. The fraction of sp³-hybridized carbons (Fsp3) is 0.600. The van der Waals surface area contributed by atoms with Crippen molar-refractivity contribution in [1.82, 2.24) is 0 Å². The molecule has 0 spiro atoms. The Bertz CT molecular complexity index is 479. The monoisotopic (exact) mass is 326 g/mol. The lowest BCUT2D eigenvalue weighted by Crippen LogP contribution is -2.26. The van der Waals surface area contributed by atoms with Gasteiger partial charge in [0.25, 0.3) is 0 Å². The van der Waals surface area contributed by atoms with Crippen LogP contribution in [0.15, 0.2) is 16.6 Å². The average Bonchev–Trinajstić information content (AvgIpc) is 3.02. The van der Waals surface area contributed by atoms with Crippen LogP contribution in [0, 0.1) is 0 Å². The molecule has 2 aliphatic carbocycles. The molecular formula is C15H19BrO3. The van der Waals surface area contributed by atoms with Gasteiger partial charge in [-0.15, -0.1) is 0 Å². The minimum atomic E-state index is -0.524. The van der Waals surface area contributed by atoms with Crippen molar-refractivity contribution in [3.63, 3.8) is 0 Å². The Morgan fingerprint density at radius 1 is 1.37 bits per heavy atom. The van der Waals surface area contributed by atoms with Gasteiger partial charge in [0.2, 0.25) is 0 Å². The Morgan fingerprint density at radius 2 is 2.11 bits per heavy atom. The number of methoxy groups -OCH3 is 1. The molecule has 2 aliphatic rings. The highest BCUT2D eigenvalue weighted by atomic mass is 79.9. The van der Waals surface area contributed by atoms with Crippen LogP contribution in [0.1, 0.15) is 37.7 Å². The molecule has 0 heterocycles. The second-order valence-electron chi connectivity index (χ2n) is 5.67. The Morgan fingerprint density at radius 3 is 2.63 bits per heavy atom. The van der Waals surface area contributed by atoms with Crippen LogP contribution in [0.5, 0.6) is 11.5 Å². The molecule has 0 unspecified atom stereocenters. The molecule has 1 aromatic carbocycles. The fourth-order valence-electron chi connectivity index (χ4n) is 2.37. The van der Waals surface area contributed by atoms with E-state index < -0.39 is 5.60 Å². The molecule has 0 aromatic heterocycles. The molecule has 2 saturated carbocycles. The summed E-state index contributed by atoms with van der Waals surface area (Å²) >= 11 is 3.50. The number of rotatable bonds is 5. The van der Waals surface area contributed by atoms with Gasteiger partial charge in [-0.3, -0.25) is 0 Å². The van der Waals surface area contributed by atoms with E-state index in [1.54, 1.807) is 7.11 Å². The van der Waals surface area contributed by atoms with Crippen molar-refractivity contribution in [3.05, 3.63) is 22.2 Å². The molecule has 3 nitrogen and oxygen atoms in total. The van der Waals surface area contributed by atoms with E-state index in [1.165, 1.54) is 6.42 Å². The van der Waals surface area contributed by atoms with Gasteiger partial charge in [0.05, 0.1) is 18.8 Å². The number of ether oxygens (including phenoxy) is 2. The summed E-state index contributed by atoms with van der Waals surface area (Å²) in [7, 11) is 1.66. The van der Waals surface area contributed by atoms with Gasteiger partial charge in [0.15, 0.2) is 11.5 Å². The standard InChI is InChI=1S/C15H19BrO3/c1-18-13-8-11(16)7-10(9-15(17)5-6-15)14(13)19-12-3-2-4-12/h7-8,12,17H,2-6,9H2,1H3. The van der Waals surface area contributed by atoms with E-state index >= 15 is 0 Å². The minimum Gasteiger partial charge on any atom is -0.493 e. The van der Waals surface area contributed by atoms with Gasteiger partial charge in [-0.2, -0.15) is 0 Å². The largest absolute Gasteiger partial charge is 0.493 e. The van der Waals surface area contributed by atoms with Crippen molar-refractivity contribution in [2.75, 3.05) is 7.11 Å². The van der Waals surface area contributed by atoms with E-state index in [-0.39, 0.29) is 0 Å². The van der Waals surface area contributed by atoms with Crippen molar-refractivity contribution in [2.24, 2.45) is 0 Å². The SMILES string of the molecule is COc1cc(Br)cc(CC2(O)CC2)c1OC1CCC1. The van der Waals surface area contributed by atoms with Crippen molar-refractivity contribution in [1.29, 1.82) is 0 Å². The first-order valence-electron chi connectivity index (χ1n) is 6.85. The first kappa shape index (κ1) is 13.3. The van der Waals surface area contributed by atoms with Crippen LogP contribution in [0.3, 0.4) is 0 Å². The number of hydrogen-bond acceptors (Lipinski definition) is 3. The Hall–Kier alpha value is -0.740. The molecule has 4 heteroatoms. The molecule has 2 fully saturated rings. The minimum absolute atomic E-state index is 0.308. The first-order chi connectivity index (χ1) is 9.09. The van der Waals surface area contributed by atoms with Crippen molar-refractivity contribution < 1.29 is 14.6 Å². The quantitative estimate of drug-likeness (QED) is 0.900. The van der Waals surface area contributed by atoms with Crippen LogP contribution in [-0.4, -0.2) is 23.9 Å². The second-order valence-corrected chi connectivity index (χ2v) is 6.58. The molecule has 0 amide bonds. The number of hydrogen-bond donors (Lipinski definition) is 1. The van der Waals surface area contributed by atoms with Gasteiger partial charge < -0.3 is 14.6 Å². The number of halogens is 1. The second kappa shape index (κ2) is 4.98. The van der Waals surface area contributed by atoms with Gasteiger partial charge in [0.1, 0.15) is 0 Å². The van der Waals surface area contributed by atoms with Gasteiger partial charge in [-0.25, -0.2) is 0 Å². The van der Waals surface area contributed by atoms with E-state index in [0.29, 0.717) is 12.5 Å². The molecule has 19 heavy (non-hydrogen) atoms. The summed E-state index contributed by atoms with van der Waals surface area (Å²) in [4.78, 5) is 0. The third-order valence-electron chi connectivity index (χ3n) is 4.00. The summed E-state index contributed by atoms with van der Waals surface area (Å²) < 4.78 is 12.5. The van der Waals surface area contributed by atoms with E-state index in [4.69, 9.17) is 9.47 Å². The average molecular weight is 327 g/mol. The number of benzene rings is 1. The van der Waals surface area contributed by atoms with Crippen LogP contribution in [0.4, 0.5) is 0 Å². The third kappa shape index (κ3) is 2.90. The van der Waals surface area contributed by atoms with Gasteiger partial charge >= 0.3 is 0 Å². The van der Waals surface area contributed by atoms with Gasteiger partial charge in [-0.05, 0) is 44.2 Å². The molecule has 0 radical (unpaired) electrons. The third-order valence-corrected chi connectivity index (χ3v) is 4.46. The topological polar surface area (TPSA) is 38.7 Å². The molecule has 0 aliphatic heterocycles. The van der Waals surface area contributed by atoms with E-state index in [2.05, 4.69) is 15.9 Å². The molecule has 104 valence electrons. The summed E-state index contributed by atoms with van der Waals surface area (Å²) in [6.07, 6.45) is 6.18. The maximum Gasteiger partial charge on any atom is 0.164 e. The van der Waals surface area contributed by atoms with Gasteiger partial charge in [-0.1, -0.05) is 15.9 Å². The van der Waals surface area contributed by atoms with Crippen molar-refractivity contribution in [2.45, 2.75) is 50.2 Å². The Labute approximate surface area is 122 Å². The lowest BCUT2D eigenvalue weighted by atomic mass is 9.96. The van der Waals surface area contributed by atoms with Gasteiger partial charge in [0, 0.05) is 16.5 Å². The van der Waals surface area contributed by atoms with Crippen LogP contribution in [0.25, 0.3) is 0 Å². The van der Waals surface area contributed by atoms with E-state index in [9.17, 15) is 5.11 Å². The maximum absolute atomic E-state index is 10.2. The smallest absolute Gasteiger partial charge is 0.164 e. The fourth-order valence-corrected chi connectivity index (χ4v) is 2.85. The highest BCUT2D eigenvalue weighted by Crippen LogP contribution is 2.44. The zero-order valence-electron chi connectivity index (χ0n) is 11.1. The highest BCUT2D eigenvalue weighted by Gasteiger charge is 2.41. The molecule has 3 rings (SSSR count). The zero-order chi connectivity index (χ0) is 13.5. The summed E-state index contributed by atoms with van der Waals surface area (Å²) in [6.45, 7) is 0. The molecule has 0 saturated heterocycles. The van der Waals surface area contributed by atoms with Crippen molar-refractivity contribution >= 4 is 15.9 Å².